The van der Waals surface area contributed by atoms with Gasteiger partial charge in [0.15, 0.2) is 5.69 Å². The van der Waals surface area contributed by atoms with E-state index >= 15 is 0 Å². The van der Waals surface area contributed by atoms with Gasteiger partial charge in [0.05, 0.1) is 24.2 Å². The van der Waals surface area contributed by atoms with Crippen molar-refractivity contribution < 1.29 is 14.1 Å². The fraction of sp³-hybridized carbons (Fsp3) is 0.273. The van der Waals surface area contributed by atoms with Gasteiger partial charge in [0, 0.05) is 31.7 Å². The first kappa shape index (κ1) is 20.4. The minimum Gasteiger partial charge on any atom is -0.497 e. The molecule has 9 nitrogen and oxygen atoms in total. The van der Waals surface area contributed by atoms with Crippen LogP contribution in [0.5, 0.6) is 5.75 Å². The van der Waals surface area contributed by atoms with Crippen molar-refractivity contribution in [2.75, 3.05) is 33.3 Å². The number of benzene rings is 1. The predicted octanol–water partition coefficient (Wildman–Crippen LogP) is 3.15. The van der Waals surface area contributed by atoms with Gasteiger partial charge in [-0.25, -0.2) is 0 Å². The molecule has 0 spiro atoms. The second kappa shape index (κ2) is 8.93. The Balaban J connectivity index is 1.16. The van der Waals surface area contributed by atoms with Gasteiger partial charge in [-0.1, -0.05) is 11.2 Å². The van der Waals surface area contributed by atoms with E-state index in [1.54, 1.807) is 18.4 Å². The van der Waals surface area contributed by atoms with Crippen molar-refractivity contribution >= 4 is 17.2 Å². The number of carbonyl (C=O) groups is 1. The number of ether oxygens (including phenoxy) is 1. The number of aromatic nitrogens is 4. The third-order valence-corrected chi connectivity index (χ3v) is 6.32. The highest BCUT2D eigenvalue weighted by Gasteiger charge is 2.25. The van der Waals surface area contributed by atoms with Gasteiger partial charge >= 0.3 is 0 Å². The van der Waals surface area contributed by atoms with Crippen LogP contribution in [0, 0.1) is 0 Å². The van der Waals surface area contributed by atoms with Crippen LogP contribution in [-0.4, -0.2) is 69.3 Å². The van der Waals surface area contributed by atoms with Crippen molar-refractivity contribution in [3.63, 3.8) is 0 Å². The monoisotopic (exact) mass is 450 g/mol. The van der Waals surface area contributed by atoms with Crippen molar-refractivity contribution in [1.82, 2.24) is 30.1 Å². The molecule has 0 saturated carbocycles. The number of thiophene rings is 1. The summed E-state index contributed by atoms with van der Waals surface area (Å²) < 4.78 is 10.6. The van der Waals surface area contributed by atoms with E-state index in [2.05, 4.69) is 25.2 Å². The number of methoxy groups -OCH3 is 1. The number of piperazine rings is 1. The Kier molecular flexibility index (Phi) is 5.70. The number of aromatic amines is 1. The molecule has 164 valence electrons. The first-order valence-corrected chi connectivity index (χ1v) is 11.2. The molecule has 0 bridgehead atoms. The minimum absolute atomic E-state index is 0.0525. The van der Waals surface area contributed by atoms with Crippen LogP contribution in [-0.2, 0) is 6.54 Å². The molecule has 1 aliphatic heterocycles. The maximum absolute atomic E-state index is 12.8. The molecule has 0 unspecified atom stereocenters. The summed E-state index contributed by atoms with van der Waals surface area (Å²) in [6, 6.07) is 13.3. The minimum atomic E-state index is -0.0525. The quantitative estimate of drug-likeness (QED) is 0.482. The van der Waals surface area contributed by atoms with E-state index in [0.29, 0.717) is 37.0 Å². The Morgan fingerprint density at radius 2 is 2.00 bits per heavy atom. The van der Waals surface area contributed by atoms with Crippen molar-refractivity contribution in [2.24, 2.45) is 0 Å². The van der Waals surface area contributed by atoms with Crippen LogP contribution in [0.2, 0.25) is 0 Å². The SMILES string of the molecule is COc1ccc(-c2noc(CN3CCN(C(=O)c4cc(-c5cccs5)[nH]n4)CC3)n2)cc1. The third kappa shape index (κ3) is 4.27. The van der Waals surface area contributed by atoms with E-state index < -0.39 is 0 Å². The maximum Gasteiger partial charge on any atom is 0.274 e. The lowest BCUT2D eigenvalue weighted by Crippen LogP contribution is -2.48. The average molecular weight is 451 g/mol. The van der Waals surface area contributed by atoms with Gasteiger partial charge in [0.2, 0.25) is 11.7 Å². The number of amides is 1. The highest BCUT2D eigenvalue weighted by atomic mass is 32.1. The molecule has 32 heavy (non-hydrogen) atoms. The molecule has 1 fully saturated rings. The van der Waals surface area contributed by atoms with Crippen LogP contribution in [0.15, 0.2) is 52.4 Å². The second-order valence-corrected chi connectivity index (χ2v) is 8.40. The van der Waals surface area contributed by atoms with Gasteiger partial charge in [-0.2, -0.15) is 10.1 Å². The lowest BCUT2D eigenvalue weighted by atomic mass is 10.2. The summed E-state index contributed by atoms with van der Waals surface area (Å²) in [5.41, 5.74) is 2.19. The Morgan fingerprint density at radius 3 is 2.72 bits per heavy atom. The van der Waals surface area contributed by atoms with Gasteiger partial charge < -0.3 is 14.2 Å². The number of H-pyrrole nitrogens is 1. The normalized spacial score (nSPS) is 14.6. The highest BCUT2D eigenvalue weighted by Crippen LogP contribution is 2.24. The molecule has 1 aliphatic rings. The fourth-order valence-corrected chi connectivity index (χ4v) is 4.32. The average Bonchev–Trinajstić information content (AvgIpc) is 3.61. The smallest absolute Gasteiger partial charge is 0.274 e. The first-order valence-electron chi connectivity index (χ1n) is 10.3. The molecular formula is C22H22N6O3S. The Hall–Kier alpha value is -3.50. The molecule has 1 aromatic carbocycles. The van der Waals surface area contributed by atoms with Gasteiger partial charge in [0.1, 0.15) is 5.75 Å². The number of rotatable bonds is 6. The van der Waals surface area contributed by atoms with Gasteiger partial charge in [-0.05, 0) is 41.8 Å². The van der Waals surface area contributed by atoms with E-state index in [9.17, 15) is 4.79 Å². The molecular weight excluding hydrogens is 428 g/mol. The van der Waals surface area contributed by atoms with E-state index in [1.165, 1.54) is 0 Å². The highest BCUT2D eigenvalue weighted by molar-refractivity contribution is 7.13. The molecule has 1 amide bonds. The van der Waals surface area contributed by atoms with E-state index in [1.807, 2.05) is 52.7 Å². The van der Waals surface area contributed by atoms with E-state index in [0.717, 1.165) is 35.0 Å². The number of carbonyl (C=O) groups excluding carboxylic acids is 1. The summed E-state index contributed by atoms with van der Waals surface area (Å²) in [6.45, 7) is 3.26. The third-order valence-electron chi connectivity index (χ3n) is 5.42. The molecule has 1 N–H and O–H groups in total. The van der Waals surface area contributed by atoms with Crippen LogP contribution >= 0.6 is 11.3 Å². The van der Waals surface area contributed by atoms with Crippen LogP contribution in [0.1, 0.15) is 16.4 Å². The number of hydrogen-bond acceptors (Lipinski definition) is 8. The van der Waals surface area contributed by atoms with Crippen LogP contribution in [0.3, 0.4) is 0 Å². The summed E-state index contributed by atoms with van der Waals surface area (Å²) >= 11 is 1.61. The van der Waals surface area contributed by atoms with Gasteiger partial charge in [0.25, 0.3) is 5.91 Å². The molecule has 5 rings (SSSR count). The van der Waals surface area contributed by atoms with E-state index in [4.69, 9.17) is 9.26 Å². The zero-order chi connectivity index (χ0) is 21.9. The summed E-state index contributed by atoms with van der Waals surface area (Å²) in [6.07, 6.45) is 0. The van der Waals surface area contributed by atoms with E-state index in [-0.39, 0.29) is 5.91 Å². The molecule has 0 aliphatic carbocycles. The van der Waals surface area contributed by atoms with Gasteiger partial charge in [-0.15, -0.1) is 11.3 Å². The molecule has 4 aromatic rings. The lowest BCUT2D eigenvalue weighted by Gasteiger charge is -2.33. The van der Waals surface area contributed by atoms with Crippen molar-refractivity contribution in [2.45, 2.75) is 6.54 Å². The topological polar surface area (TPSA) is 100 Å². The van der Waals surface area contributed by atoms with Crippen LogP contribution < -0.4 is 4.74 Å². The number of nitrogens with zero attached hydrogens (tertiary/aromatic N) is 5. The first-order chi connectivity index (χ1) is 15.7. The molecule has 10 heteroatoms. The van der Waals surface area contributed by atoms with Gasteiger partial charge in [-0.3, -0.25) is 14.8 Å². The van der Waals surface area contributed by atoms with Crippen LogP contribution in [0.4, 0.5) is 0 Å². The zero-order valence-electron chi connectivity index (χ0n) is 17.5. The summed E-state index contributed by atoms with van der Waals surface area (Å²) in [4.78, 5) is 22.4. The molecule has 0 radical (unpaired) electrons. The Morgan fingerprint density at radius 1 is 1.19 bits per heavy atom. The maximum atomic E-state index is 12.8. The Labute approximate surface area is 188 Å². The summed E-state index contributed by atoms with van der Waals surface area (Å²) in [5, 5.41) is 13.3. The fourth-order valence-electron chi connectivity index (χ4n) is 3.63. The lowest BCUT2D eigenvalue weighted by molar-refractivity contribution is 0.0609. The standard InChI is InChI=1S/C22H22N6O3S/c1-30-16-6-4-15(5-7-16)21-23-20(31-26-21)14-27-8-10-28(11-9-27)22(29)18-13-17(24-25-18)19-3-2-12-32-19/h2-7,12-13H,8-11,14H2,1H3,(H,24,25). The number of nitrogens with one attached hydrogen (secondary N) is 1. The number of hydrogen-bond donors (Lipinski definition) is 1. The second-order valence-electron chi connectivity index (χ2n) is 7.45. The van der Waals surface area contributed by atoms with Crippen molar-refractivity contribution in [3.05, 3.63) is 59.4 Å². The molecule has 4 heterocycles. The molecule has 0 atom stereocenters. The largest absolute Gasteiger partial charge is 0.497 e. The van der Waals surface area contributed by atoms with Crippen molar-refractivity contribution in [3.8, 4) is 27.7 Å². The summed E-state index contributed by atoms with van der Waals surface area (Å²) in [5.74, 6) is 1.84. The molecule has 1 saturated heterocycles. The Bertz CT molecular complexity index is 1180. The van der Waals surface area contributed by atoms with Crippen molar-refractivity contribution in [1.29, 1.82) is 0 Å². The predicted molar refractivity (Wildman–Crippen MR) is 119 cm³/mol. The molecule has 3 aromatic heterocycles. The zero-order valence-corrected chi connectivity index (χ0v) is 18.3. The van der Waals surface area contributed by atoms with Crippen LogP contribution in [0.25, 0.3) is 22.0 Å². The summed E-state index contributed by atoms with van der Waals surface area (Å²) in [7, 11) is 1.63.